The fourth-order valence-corrected chi connectivity index (χ4v) is 1.85. The van der Waals surface area contributed by atoms with E-state index < -0.39 is 0 Å². The molecular formula is C14H17N3. The molecule has 0 bridgehead atoms. The van der Waals surface area contributed by atoms with Gasteiger partial charge in [0, 0.05) is 12.4 Å². The van der Waals surface area contributed by atoms with Crippen molar-refractivity contribution < 1.29 is 0 Å². The first-order chi connectivity index (χ1) is 8.31. The van der Waals surface area contributed by atoms with Crippen LogP contribution in [-0.2, 0) is 6.42 Å². The van der Waals surface area contributed by atoms with Gasteiger partial charge >= 0.3 is 0 Å². The molecule has 1 atom stereocenters. The minimum Gasteiger partial charge on any atom is -0.318 e. The Kier molecular flexibility index (Phi) is 3.83. The summed E-state index contributed by atoms with van der Waals surface area (Å²) in [6.07, 6.45) is 5.66. The first kappa shape index (κ1) is 11.7. The van der Waals surface area contributed by atoms with Crippen molar-refractivity contribution in [3.05, 3.63) is 59.7 Å². The molecule has 17 heavy (non-hydrogen) atoms. The molecule has 1 unspecified atom stereocenters. The van der Waals surface area contributed by atoms with Crippen molar-refractivity contribution in [2.45, 2.75) is 25.8 Å². The van der Waals surface area contributed by atoms with E-state index in [-0.39, 0.29) is 6.04 Å². The van der Waals surface area contributed by atoms with E-state index in [1.165, 1.54) is 5.56 Å². The molecule has 0 spiro atoms. The molecule has 2 rings (SSSR count). The highest BCUT2D eigenvalue weighted by Gasteiger charge is 2.11. The molecule has 0 saturated heterocycles. The van der Waals surface area contributed by atoms with Crippen molar-refractivity contribution >= 4 is 0 Å². The molecule has 0 fully saturated rings. The lowest BCUT2D eigenvalue weighted by atomic mass is 10.0. The van der Waals surface area contributed by atoms with E-state index in [1.807, 2.05) is 12.1 Å². The maximum Gasteiger partial charge on any atom is 0.149 e. The van der Waals surface area contributed by atoms with Crippen molar-refractivity contribution in [1.29, 1.82) is 0 Å². The van der Waals surface area contributed by atoms with Crippen LogP contribution in [0, 0.1) is 0 Å². The third kappa shape index (κ3) is 2.88. The standard InChI is InChI=1S/C14H17N3/c1-2-5-11-6-3-7-12(10-11)13(15)14-16-8-4-9-17-14/h3-4,6-10,13H,2,5,15H2,1H3. The summed E-state index contributed by atoms with van der Waals surface area (Å²) in [4.78, 5) is 8.39. The zero-order valence-corrected chi connectivity index (χ0v) is 10.0. The van der Waals surface area contributed by atoms with Crippen molar-refractivity contribution in [1.82, 2.24) is 9.97 Å². The molecule has 3 heteroatoms. The number of hydrogen-bond donors (Lipinski definition) is 1. The second kappa shape index (κ2) is 5.55. The maximum absolute atomic E-state index is 6.16. The van der Waals surface area contributed by atoms with Gasteiger partial charge in [-0.1, -0.05) is 37.6 Å². The topological polar surface area (TPSA) is 51.8 Å². The zero-order valence-electron chi connectivity index (χ0n) is 10.0. The number of nitrogens with zero attached hydrogens (tertiary/aromatic N) is 2. The minimum absolute atomic E-state index is 0.243. The van der Waals surface area contributed by atoms with Crippen LogP contribution in [0.15, 0.2) is 42.7 Å². The van der Waals surface area contributed by atoms with E-state index in [4.69, 9.17) is 5.73 Å². The third-order valence-electron chi connectivity index (χ3n) is 2.71. The molecule has 1 heterocycles. The van der Waals surface area contributed by atoms with E-state index >= 15 is 0 Å². The summed E-state index contributed by atoms with van der Waals surface area (Å²) in [6.45, 7) is 2.17. The van der Waals surface area contributed by atoms with Crippen molar-refractivity contribution in [3.8, 4) is 0 Å². The molecule has 0 aliphatic carbocycles. The fraction of sp³-hybridized carbons (Fsp3) is 0.286. The van der Waals surface area contributed by atoms with Gasteiger partial charge in [-0.2, -0.15) is 0 Å². The molecular weight excluding hydrogens is 210 g/mol. The predicted octanol–water partition coefficient (Wildman–Crippen LogP) is 2.48. The van der Waals surface area contributed by atoms with Gasteiger partial charge in [0.2, 0.25) is 0 Å². The summed E-state index contributed by atoms with van der Waals surface area (Å²) < 4.78 is 0. The molecule has 1 aromatic carbocycles. The van der Waals surface area contributed by atoms with Crippen LogP contribution >= 0.6 is 0 Å². The molecule has 0 amide bonds. The highest BCUT2D eigenvalue weighted by molar-refractivity contribution is 5.29. The summed E-state index contributed by atoms with van der Waals surface area (Å²) in [5.74, 6) is 0.668. The van der Waals surface area contributed by atoms with Crippen LogP contribution in [0.25, 0.3) is 0 Å². The lowest BCUT2D eigenvalue weighted by molar-refractivity contribution is 0.777. The van der Waals surface area contributed by atoms with E-state index in [2.05, 4.69) is 29.0 Å². The Labute approximate surface area is 102 Å². The second-order valence-electron chi connectivity index (χ2n) is 4.08. The Morgan fingerprint density at radius 3 is 2.65 bits per heavy atom. The largest absolute Gasteiger partial charge is 0.318 e. The van der Waals surface area contributed by atoms with E-state index in [1.54, 1.807) is 18.5 Å². The first-order valence-electron chi connectivity index (χ1n) is 5.92. The van der Waals surface area contributed by atoms with Gasteiger partial charge in [0.15, 0.2) is 0 Å². The average Bonchev–Trinajstić information content (AvgIpc) is 2.40. The van der Waals surface area contributed by atoms with Crippen molar-refractivity contribution in [2.75, 3.05) is 0 Å². The Morgan fingerprint density at radius 1 is 1.18 bits per heavy atom. The zero-order chi connectivity index (χ0) is 12.1. The quantitative estimate of drug-likeness (QED) is 0.873. The first-order valence-corrected chi connectivity index (χ1v) is 5.92. The molecule has 0 radical (unpaired) electrons. The second-order valence-corrected chi connectivity index (χ2v) is 4.08. The van der Waals surface area contributed by atoms with Gasteiger partial charge in [-0.05, 0) is 23.6 Å². The molecule has 0 saturated carbocycles. The summed E-state index contributed by atoms with van der Waals surface area (Å²) in [5, 5.41) is 0. The SMILES string of the molecule is CCCc1cccc(C(N)c2ncccn2)c1. The Bertz CT molecular complexity index is 468. The number of nitrogens with two attached hydrogens (primary N) is 1. The van der Waals surface area contributed by atoms with Gasteiger partial charge in [-0.25, -0.2) is 9.97 Å². The van der Waals surface area contributed by atoms with Crippen LogP contribution in [-0.4, -0.2) is 9.97 Å². The van der Waals surface area contributed by atoms with Crippen molar-refractivity contribution in [3.63, 3.8) is 0 Å². The van der Waals surface area contributed by atoms with Crippen LogP contribution < -0.4 is 5.73 Å². The maximum atomic E-state index is 6.16. The summed E-state index contributed by atoms with van der Waals surface area (Å²) in [7, 11) is 0. The Hall–Kier alpha value is -1.74. The lowest BCUT2D eigenvalue weighted by Gasteiger charge is -2.11. The lowest BCUT2D eigenvalue weighted by Crippen LogP contribution is -2.15. The van der Waals surface area contributed by atoms with Crippen molar-refractivity contribution in [2.24, 2.45) is 5.73 Å². The molecule has 3 nitrogen and oxygen atoms in total. The summed E-state index contributed by atoms with van der Waals surface area (Å²) in [5.41, 5.74) is 8.54. The van der Waals surface area contributed by atoms with Gasteiger partial charge in [0.05, 0.1) is 6.04 Å². The van der Waals surface area contributed by atoms with Crippen LogP contribution in [0.1, 0.15) is 36.3 Å². The van der Waals surface area contributed by atoms with Gasteiger partial charge in [-0.3, -0.25) is 0 Å². The monoisotopic (exact) mass is 227 g/mol. The molecule has 88 valence electrons. The van der Waals surface area contributed by atoms with Crippen LogP contribution in [0.3, 0.4) is 0 Å². The number of aromatic nitrogens is 2. The third-order valence-corrected chi connectivity index (χ3v) is 2.71. The highest BCUT2D eigenvalue weighted by Crippen LogP contribution is 2.17. The number of aryl methyl sites for hydroxylation is 1. The van der Waals surface area contributed by atoms with E-state index in [0.717, 1.165) is 18.4 Å². The average molecular weight is 227 g/mol. The molecule has 2 aromatic rings. The normalized spacial score (nSPS) is 12.4. The Morgan fingerprint density at radius 2 is 1.94 bits per heavy atom. The van der Waals surface area contributed by atoms with E-state index in [9.17, 15) is 0 Å². The van der Waals surface area contributed by atoms with Gasteiger partial charge in [-0.15, -0.1) is 0 Å². The Balaban J connectivity index is 2.25. The number of benzene rings is 1. The fourth-order valence-electron chi connectivity index (χ4n) is 1.85. The van der Waals surface area contributed by atoms with E-state index in [0.29, 0.717) is 5.82 Å². The minimum atomic E-state index is -0.243. The van der Waals surface area contributed by atoms with Gasteiger partial charge in [0.1, 0.15) is 5.82 Å². The van der Waals surface area contributed by atoms with Crippen LogP contribution in [0.2, 0.25) is 0 Å². The summed E-state index contributed by atoms with van der Waals surface area (Å²) >= 11 is 0. The van der Waals surface area contributed by atoms with Gasteiger partial charge in [0.25, 0.3) is 0 Å². The molecule has 2 N–H and O–H groups in total. The van der Waals surface area contributed by atoms with Crippen LogP contribution in [0.4, 0.5) is 0 Å². The number of hydrogen-bond acceptors (Lipinski definition) is 3. The van der Waals surface area contributed by atoms with Crippen LogP contribution in [0.5, 0.6) is 0 Å². The smallest absolute Gasteiger partial charge is 0.149 e. The molecule has 1 aromatic heterocycles. The molecule has 0 aliphatic heterocycles. The van der Waals surface area contributed by atoms with Gasteiger partial charge < -0.3 is 5.73 Å². The predicted molar refractivity (Wildman–Crippen MR) is 68.5 cm³/mol. The molecule has 0 aliphatic rings. The summed E-state index contributed by atoms with van der Waals surface area (Å²) in [6, 6.07) is 9.90. The highest BCUT2D eigenvalue weighted by atomic mass is 14.9. The number of rotatable bonds is 4.